The highest BCUT2D eigenvalue weighted by molar-refractivity contribution is 7.17. The predicted octanol–water partition coefficient (Wildman–Crippen LogP) is 4.38. The van der Waals surface area contributed by atoms with Crippen LogP contribution in [-0.2, 0) is 0 Å². The monoisotopic (exact) mass is 535 g/mol. The molecule has 0 bridgehead atoms. The number of anilines is 2. The Morgan fingerprint density at radius 3 is 2.53 bits per heavy atom. The molecule has 12 heteroatoms. The van der Waals surface area contributed by atoms with Crippen LogP contribution >= 0.6 is 11.3 Å². The van der Waals surface area contributed by atoms with E-state index in [4.69, 9.17) is 9.97 Å². The van der Waals surface area contributed by atoms with Gasteiger partial charge < -0.3 is 30.9 Å². The van der Waals surface area contributed by atoms with Crippen molar-refractivity contribution in [2.45, 2.75) is 13.8 Å². The van der Waals surface area contributed by atoms with E-state index in [1.54, 1.807) is 23.5 Å². The van der Waals surface area contributed by atoms with Crippen molar-refractivity contribution < 1.29 is 20.1 Å². The number of hydrogen-bond donors (Lipinski definition) is 6. The molecule has 2 heterocycles. The van der Waals surface area contributed by atoms with Crippen molar-refractivity contribution in [1.29, 1.82) is 0 Å². The van der Waals surface area contributed by atoms with E-state index in [1.165, 1.54) is 12.1 Å². The molecule has 2 amide bonds. The van der Waals surface area contributed by atoms with Crippen LogP contribution in [0.2, 0.25) is 0 Å². The molecular formula is C26H29N7O4S. The third kappa shape index (κ3) is 6.28. The summed E-state index contributed by atoms with van der Waals surface area (Å²) < 4.78 is 1.01. The van der Waals surface area contributed by atoms with E-state index < -0.39 is 23.3 Å². The van der Waals surface area contributed by atoms with Gasteiger partial charge in [0, 0.05) is 29.9 Å². The number of phenols is 3. The number of rotatable bonds is 10. The fourth-order valence-corrected chi connectivity index (χ4v) is 4.49. The Bertz CT molecular complexity index is 1440. The first-order chi connectivity index (χ1) is 18.4. The second-order valence-electron chi connectivity index (χ2n) is 8.26. The van der Waals surface area contributed by atoms with E-state index >= 15 is 0 Å². The average molecular weight is 536 g/mol. The number of thiophene rings is 1. The second-order valence-corrected chi connectivity index (χ2v) is 9.17. The molecule has 4 aromatic rings. The number of phenolic OH excluding ortho intramolecular Hbond substituents is 3. The SMILES string of the molecule is CCN(CC)CCNc1nc(-c2ccc(NC(=O)N/N=C/c3ccc(O)c(O)c3O)cc2)nc2ccsc12. The molecule has 0 aliphatic rings. The fraction of sp³-hybridized carbons (Fsp3) is 0.231. The number of carbonyl (C=O) groups is 1. The number of carbonyl (C=O) groups excluding carboxylic acids is 1. The van der Waals surface area contributed by atoms with Crippen molar-refractivity contribution in [3.05, 3.63) is 53.4 Å². The van der Waals surface area contributed by atoms with Gasteiger partial charge in [-0.05, 0) is 60.9 Å². The number of aromatic nitrogens is 2. The smallest absolute Gasteiger partial charge is 0.339 e. The van der Waals surface area contributed by atoms with Crippen LogP contribution in [0.1, 0.15) is 19.4 Å². The number of likely N-dealkylation sites (N-methyl/N-ethyl adjacent to an activating group) is 1. The number of fused-ring (bicyclic) bond motifs is 1. The van der Waals surface area contributed by atoms with Crippen molar-refractivity contribution in [2.24, 2.45) is 5.10 Å². The number of nitrogens with one attached hydrogen (secondary N) is 3. The van der Waals surface area contributed by atoms with Crippen LogP contribution in [-0.4, -0.2) is 68.6 Å². The summed E-state index contributed by atoms with van der Waals surface area (Å²) in [6, 6.07) is 11.0. The molecule has 0 atom stereocenters. The quantitative estimate of drug-likeness (QED) is 0.0993. The number of hydrogen-bond acceptors (Lipinski definition) is 10. The van der Waals surface area contributed by atoms with Gasteiger partial charge in [-0.3, -0.25) is 0 Å². The van der Waals surface area contributed by atoms with E-state index in [0.717, 1.165) is 54.0 Å². The van der Waals surface area contributed by atoms with Crippen molar-refractivity contribution in [3.8, 4) is 28.6 Å². The van der Waals surface area contributed by atoms with Gasteiger partial charge in [-0.2, -0.15) is 5.10 Å². The molecular weight excluding hydrogens is 506 g/mol. The van der Waals surface area contributed by atoms with Crippen molar-refractivity contribution in [1.82, 2.24) is 20.3 Å². The second kappa shape index (κ2) is 12.2. The largest absolute Gasteiger partial charge is 0.504 e. The molecule has 11 nitrogen and oxygen atoms in total. The Hall–Kier alpha value is -4.42. The summed E-state index contributed by atoms with van der Waals surface area (Å²) in [6.45, 7) is 7.99. The fourth-order valence-electron chi connectivity index (χ4n) is 3.70. The van der Waals surface area contributed by atoms with Crippen LogP contribution in [0.3, 0.4) is 0 Å². The zero-order valence-electron chi connectivity index (χ0n) is 21.0. The third-order valence-electron chi connectivity index (χ3n) is 5.85. The molecule has 0 unspecified atom stereocenters. The van der Waals surface area contributed by atoms with Gasteiger partial charge in [0.2, 0.25) is 5.75 Å². The minimum absolute atomic E-state index is 0.120. The standard InChI is InChI=1S/C26H29N7O4S/c1-3-33(4-2)13-12-27-25-23-19(11-14-38-23)30-24(31-25)16-5-8-18(9-6-16)29-26(37)32-28-15-17-7-10-20(34)22(36)21(17)35/h5-11,14-15,34-36H,3-4,12-13H2,1-2H3,(H,27,30,31)(H2,29,32,37)/b28-15+. The van der Waals surface area contributed by atoms with Gasteiger partial charge in [-0.1, -0.05) is 13.8 Å². The number of amides is 2. The molecule has 38 heavy (non-hydrogen) atoms. The first kappa shape index (κ1) is 26.6. The molecule has 0 saturated carbocycles. The van der Waals surface area contributed by atoms with Crippen LogP contribution in [0.5, 0.6) is 17.2 Å². The molecule has 0 spiro atoms. The zero-order chi connectivity index (χ0) is 27.1. The lowest BCUT2D eigenvalue weighted by molar-refractivity contribution is 0.252. The van der Waals surface area contributed by atoms with Crippen LogP contribution in [0, 0.1) is 0 Å². The lowest BCUT2D eigenvalue weighted by Gasteiger charge is -2.18. The highest BCUT2D eigenvalue weighted by atomic mass is 32.1. The first-order valence-electron chi connectivity index (χ1n) is 12.1. The molecule has 0 aliphatic heterocycles. The van der Waals surface area contributed by atoms with E-state index in [9.17, 15) is 20.1 Å². The van der Waals surface area contributed by atoms with Crippen LogP contribution in [0.15, 0.2) is 52.9 Å². The number of urea groups is 1. The van der Waals surface area contributed by atoms with Crippen LogP contribution in [0.4, 0.5) is 16.3 Å². The van der Waals surface area contributed by atoms with Gasteiger partial charge in [-0.15, -0.1) is 11.3 Å². The number of aromatic hydroxyl groups is 3. The first-order valence-corrected chi connectivity index (χ1v) is 12.9. The van der Waals surface area contributed by atoms with Crippen molar-refractivity contribution in [2.75, 3.05) is 36.8 Å². The summed E-state index contributed by atoms with van der Waals surface area (Å²) in [4.78, 5) is 24.0. The minimum Gasteiger partial charge on any atom is -0.504 e. The normalized spacial score (nSPS) is 11.3. The molecule has 0 radical (unpaired) electrons. The van der Waals surface area contributed by atoms with Gasteiger partial charge >= 0.3 is 6.03 Å². The topological polar surface area (TPSA) is 155 Å². The average Bonchev–Trinajstić information content (AvgIpc) is 3.40. The Morgan fingerprint density at radius 2 is 1.79 bits per heavy atom. The Morgan fingerprint density at radius 1 is 1.03 bits per heavy atom. The molecule has 2 aromatic carbocycles. The van der Waals surface area contributed by atoms with Gasteiger partial charge in [-0.25, -0.2) is 20.2 Å². The van der Waals surface area contributed by atoms with E-state index in [0.29, 0.717) is 11.5 Å². The number of benzene rings is 2. The summed E-state index contributed by atoms with van der Waals surface area (Å²) in [5.41, 5.74) is 4.60. The summed E-state index contributed by atoms with van der Waals surface area (Å²) in [5, 5.41) is 40.6. The maximum absolute atomic E-state index is 12.2. The van der Waals surface area contributed by atoms with Gasteiger partial charge in [0.1, 0.15) is 5.82 Å². The Balaban J connectivity index is 1.40. The van der Waals surface area contributed by atoms with E-state index in [1.807, 2.05) is 23.6 Å². The summed E-state index contributed by atoms with van der Waals surface area (Å²) in [5.74, 6) is -0.282. The van der Waals surface area contributed by atoms with Crippen LogP contribution < -0.4 is 16.1 Å². The Kier molecular flexibility index (Phi) is 8.56. The summed E-state index contributed by atoms with van der Waals surface area (Å²) in [7, 11) is 0. The highest BCUT2D eigenvalue weighted by Gasteiger charge is 2.12. The van der Waals surface area contributed by atoms with Gasteiger partial charge in [0.05, 0.1) is 16.4 Å². The number of nitrogens with zero attached hydrogens (tertiary/aromatic N) is 4. The van der Waals surface area contributed by atoms with Crippen molar-refractivity contribution >= 4 is 45.3 Å². The van der Waals surface area contributed by atoms with Gasteiger partial charge in [0.15, 0.2) is 17.3 Å². The molecule has 6 N–H and O–H groups in total. The maximum atomic E-state index is 12.2. The van der Waals surface area contributed by atoms with E-state index in [2.05, 4.69) is 39.9 Å². The Labute approximate surface area is 223 Å². The number of hydrazone groups is 1. The zero-order valence-corrected chi connectivity index (χ0v) is 21.8. The summed E-state index contributed by atoms with van der Waals surface area (Å²) >= 11 is 1.60. The lowest BCUT2D eigenvalue weighted by Crippen LogP contribution is -2.28. The van der Waals surface area contributed by atoms with Gasteiger partial charge in [0.25, 0.3) is 0 Å². The lowest BCUT2D eigenvalue weighted by atomic mass is 10.2. The maximum Gasteiger partial charge on any atom is 0.339 e. The van der Waals surface area contributed by atoms with E-state index in [-0.39, 0.29) is 5.56 Å². The molecule has 0 fully saturated rings. The minimum atomic E-state index is -0.664. The third-order valence-corrected chi connectivity index (χ3v) is 6.76. The predicted molar refractivity (Wildman–Crippen MR) is 150 cm³/mol. The highest BCUT2D eigenvalue weighted by Crippen LogP contribution is 2.36. The molecule has 0 saturated heterocycles. The molecule has 4 rings (SSSR count). The molecule has 0 aliphatic carbocycles. The molecule has 198 valence electrons. The van der Waals surface area contributed by atoms with Crippen molar-refractivity contribution in [3.63, 3.8) is 0 Å². The molecule has 2 aromatic heterocycles. The summed E-state index contributed by atoms with van der Waals surface area (Å²) in [6.07, 6.45) is 1.14. The van der Waals surface area contributed by atoms with Crippen LogP contribution in [0.25, 0.3) is 21.6 Å².